The SMILES string of the molecule is CC1(Cc2ccccc2)CC(S(=O)(=O)c2ccc(/C=C/c3ccc(/C(N)=N/O)cc3)cc2)=C(c2ccc(/C(N)=N/O)cc2)O1. The molecule has 0 spiro atoms. The second-order valence-corrected chi connectivity index (χ2v) is 12.7. The van der Waals surface area contributed by atoms with E-state index in [0.29, 0.717) is 23.1 Å². The topological polar surface area (TPSA) is 161 Å². The number of hydrogen-bond donors (Lipinski definition) is 4. The Labute approximate surface area is 256 Å². The van der Waals surface area contributed by atoms with Gasteiger partial charge in [0.25, 0.3) is 0 Å². The van der Waals surface area contributed by atoms with Crippen LogP contribution in [-0.2, 0) is 21.0 Å². The van der Waals surface area contributed by atoms with Crippen LogP contribution in [0, 0.1) is 0 Å². The monoisotopic (exact) mass is 608 g/mol. The molecule has 1 heterocycles. The predicted molar refractivity (Wildman–Crippen MR) is 172 cm³/mol. The minimum Gasteiger partial charge on any atom is -0.485 e. The van der Waals surface area contributed by atoms with E-state index >= 15 is 0 Å². The van der Waals surface area contributed by atoms with E-state index in [0.717, 1.165) is 16.7 Å². The quantitative estimate of drug-likeness (QED) is 0.0631. The zero-order valence-corrected chi connectivity index (χ0v) is 24.8. The molecule has 224 valence electrons. The van der Waals surface area contributed by atoms with Crippen LogP contribution in [0.3, 0.4) is 0 Å². The molecule has 1 aliphatic heterocycles. The Morgan fingerprint density at radius 2 is 1.30 bits per heavy atom. The number of rotatable bonds is 9. The Balaban J connectivity index is 1.44. The third-order valence-corrected chi connectivity index (χ3v) is 9.28. The first-order chi connectivity index (χ1) is 21.1. The minimum absolute atomic E-state index is 0.0292. The average molecular weight is 609 g/mol. The van der Waals surface area contributed by atoms with Gasteiger partial charge in [-0.2, -0.15) is 0 Å². The van der Waals surface area contributed by atoms with Gasteiger partial charge in [-0.3, -0.25) is 0 Å². The maximum absolute atomic E-state index is 14.1. The average Bonchev–Trinajstić information content (AvgIpc) is 3.41. The van der Waals surface area contributed by atoms with Crippen LogP contribution in [0.4, 0.5) is 0 Å². The molecule has 0 fully saturated rings. The molecule has 6 N–H and O–H groups in total. The lowest BCUT2D eigenvalue weighted by Gasteiger charge is -2.25. The van der Waals surface area contributed by atoms with E-state index in [4.69, 9.17) is 26.6 Å². The van der Waals surface area contributed by atoms with Crippen LogP contribution < -0.4 is 11.5 Å². The summed E-state index contributed by atoms with van der Waals surface area (Å²) in [6, 6.07) is 30.4. The molecule has 0 aromatic heterocycles. The molecule has 0 saturated carbocycles. The highest BCUT2D eigenvalue weighted by atomic mass is 32.2. The summed E-state index contributed by atoms with van der Waals surface area (Å²) in [6.45, 7) is 1.92. The summed E-state index contributed by atoms with van der Waals surface area (Å²) in [4.78, 5) is 0.354. The fourth-order valence-electron chi connectivity index (χ4n) is 5.09. The smallest absolute Gasteiger partial charge is 0.206 e. The Kier molecular flexibility index (Phi) is 8.54. The van der Waals surface area contributed by atoms with Gasteiger partial charge in [-0.15, -0.1) is 0 Å². The fourth-order valence-corrected chi connectivity index (χ4v) is 6.77. The molecule has 4 aromatic carbocycles. The molecule has 0 amide bonds. The van der Waals surface area contributed by atoms with Crippen LogP contribution in [0.1, 0.15) is 46.7 Å². The first kappa shape index (κ1) is 30.1. The van der Waals surface area contributed by atoms with E-state index in [1.54, 1.807) is 60.7 Å². The van der Waals surface area contributed by atoms with Gasteiger partial charge >= 0.3 is 0 Å². The zero-order chi connectivity index (χ0) is 31.3. The van der Waals surface area contributed by atoms with E-state index < -0.39 is 15.4 Å². The second kappa shape index (κ2) is 12.5. The number of nitrogens with two attached hydrogens (primary N) is 2. The van der Waals surface area contributed by atoms with Crippen molar-refractivity contribution in [3.8, 4) is 0 Å². The van der Waals surface area contributed by atoms with Gasteiger partial charge in [0.2, 0.25) is 9.84 Å². The van der Waals surface area contributed by atoms with E-state index in [1.807, 2.05) is 61.5 Å². The Bertz CT molecular complexity index is 1870. The normalized spacial score (nSPS) is 17.7. The second-order valence-electron chi connectivity index (χ2n) is 10.7. The van der Waals surface area contributed by atoms with Crippen molar-refractivity contribution in [1.82, 2.24) is 0 Å². The summed E-state index contributed by atoms with van der Waals surface area (Å²) in [5.74, 6) is 0.266. The highest BCUT2D eigenvalue weighted by Gasteiger charge is 2.43. The first-order valence-electron chi connectivity index (χ1n) is 13.8. The molecule has 0 radical (unpaired) electrons. The Hall–Kier alpha value is -5.35. The summed E-state index contributed by atoms with van der Waals surface area (Å²) in [6.07, 6.45) is 4.46. The Morgan fingerprint density at radius 3 is 1.82 bits per heavy atom. The van der Waals surface area contributed by atoms with Crippen molar-refractivity contribution < 1.29 is 23.6 Å². The largest absolute Gasteiger partial charge is 0.485 e. The number of nitrogens with zero attached hydrogens (tertiary/aromatic N) is 2. The number of benzene rings is 4. The van der Waals surface area contributed by atoms with Gasteiger partial charge < -0.3 is 26.6 Å². The molecule has 1 atom stereocenters. The molecule has 0 bridgehead atoms. The molecular weight excluding hydrogens is 576 g/mol. The Morgan fingerprint density at radius 1 is 0.795 bits per heavy atom. The van der Waals surface area contributed by atoms with Crippen molar-refractivity contribution in [2.45, 2.75) is 30.3 Å². The van der Waals surface area contributed by atoms with Crippen molar-refractivity contribution in [3.63, 3.8) is 0 Å². The highest BCUT2D eigenvalue weighted by molar-refractivity contribution is 7.95. The number of amidine groups is 2. The molecule has 0 aliphatic carbocycles. The van der Waals surface area contributed by atoms with E-state index in [-0.39, 0.29) is 33.7 Å². The maximum atomic E-state index is 14.1. The molecule has 5 rings (SSSR count). The van der Waals surface area contributed by atoms with Crippen molar-refractivity contribution in [2.24, 2.45) is 21.8 Å². The van der Waals surface area contributed by atoms with Gasteiger partial charge in [-0.05, 0) is 35.7 Å². The molecular formula is C34H32N4O5S. The number of oxime groups is 2. The minimum atomic E-state index is -3.93. The molecule has 9 nitrogen and oxygen atoms in total. The summed E-state index contributed by atoms with van der Waals surface area (Å²) in [7, 11) is -3.93. The number of sulfone groups is 1. The number of hydrogen-bond acceptors (Lipinski definition) is 7. The van der Waals surface area contributed by atoms with Crippen LogP contribution >= 0.6 is 0 Å². The summed E-state index contributed by atoms with van der Waals surface area (Å²) < 4.78 is 34.7. The van der Waals surface area contributed by atoms with Gasteiger partial charge in [0, 0.05) is 29.5 Å². The molecule has 44 heavy (non-hydrogen) atoms. The standard InChI is InChI=1S/C34H32N4O5S/c1-34(21-25-5-3-2-4-6-25)22-30(31(43-34)26-15-17-28(18-16-26)33(36)38-40)44(41,42)29-19-11-24(12-20-29)8-7-23-9-13-27(14-10-23)32(35)37-39/h2-20,39-40H,21-22H2,1H3,(H2,35,37)(H2,36,38)/b8-7+. The van der Waals surface area contributed by atoms with Crippen molar-refractivity contribution in [1.29, 1.82) is 0 Å². The van der Waals surface area contributed by atoms with Crippen LogP contribution in [0.15, 0.2) is 123 Å². The molecule has 10 heteroatoms. The third kappa shape index (κ3) is 6.50. The lowest BCUT2D eigenvalue weighted by Crippen LogP contribution is -2.27. The van der Waals surface area contributed by atoms with Gasteiger partial charge in [-0.1, -0.05) is 113 Å². The van der Waals surface area contributed by atoms with Crippen molar-refractivity contribution in [2.75, 3.05) is 0 Å². The van der Waals surface area contributed by atoms with Gasteiger partial charge in [0.15, 0.2) is 11.7 Å². The molecule has 1 unspecified atom stereocenters. The van der Waals surface area contributed by atoms with Gasteiger partial charge in [-0.25, -0.2) is 8.42 Å². The van der Waals surface area contributed by atoms with Crippen LogP contribution in [0.5, 0.6) is 0 Å². The third-order valence-electron chi connectivity index (χ3n) is 7.40. The maximum Gasteiger partial charge on any atom is 0.206 e. The van der Waals surface area contributed by atoms with E-state index in [1.165, 1.54) is 0 Å². The lowest BCUT2D eigenvalue weighted by atomic mass is 9.94. The molecule has 0 saturated heterocycles. The van der Waals surface area contributed by atoms with E-state index in [9.17, 15) is 8.42 Å². The summed E-state index contributed by atoms with van der Waals surface area (Å²) >= 11 is 0. The predicted octanol–water partition coefficient (Wildman–Crippen LogP) is 5.61. The van der Waals surface area contributed by atoms with Crippen molar-refractivity contribution >= 4 is 39.4 Å². The van der Waals surface area contributed by atoms with Crippen LogP contribution in [0.25, 0.3) is 17.9 Å². The van der Waals surface area contributed by atoms with E-state index in [2.05, 4.69) is 10.3 Å². The highest BCUT2D eigenvalue weighted by Crippen LogP contribution is 2.45. The first-order valence-corrected chi connectivity index (χ1v) is 15.3. The lowest BCUT2D eigenvalue weighted by molar-refractivity contribution is 0.0800. The number of ether oxygens (including phenoxy) is 1. The van der Waals surface area contributed by atoms with Crippen LogP contribution in [0.2, 0.25) is 0 Å². The van der Waals surface area contributed by atoms with Crippen molar-refractivity contribution in [3.05, 3.63) is 141 Å². The van der Waals surface area contributed by atoms with Crippen LogP contribution in [-0.4, -0.2) is 36.1 Å². The molecule has 1 aliphatic rings. The summed E-state index contributed by atoms with van der Waals surface area (Å²) in [5, 5.41) is 23.9. The van der Waals surface area contributed by atoms with Gasteiger partial charge in [0.05, 0.1) is 9.80 Å². The summed E-state index contributed by atoms with van der Waals surface area (Å²) in [5.41, 5.74) is 15.0. The van der Waals surface area contributed by atoms with Gasteiger partial charge in [0.1, 0.15) is 11.4 Å². The molecule has 4 aromatic rings. The fraction of sp³-hybridized carbons (Fsp3) is 0.118. The zero-order valence-electron chi connectivity index (χ0n) is 24.0.